The van der Waals surface area contributed by atoms with E-state index in [1.165, 1.54) is 4.88 Å². The minimum atomic E-state index is 0.0361. The van der Waals surface area contributed by atoms with E-state index in [-0.39, 0.29) is 11.6 Å². The van der Waals surface area contributed by atoms with Crippen molar-refractivity contribution in [2.45, 2.75) is 52.5 Å². The van der Waals surface area contributed by atoms with E-state index in [1.54, 1.807) is 25.6 Å². The zero-order chi connectivity index (χ0) is 13.8. The first kappa shape index (κ1) is 15.6. The molecule has 0 aliphatic rings. The summed E-state index contributed by atoms with van der Waals surface area (Å²) in [5.41, 5.74) is 1.11. The summed E-state index contributed by atoms with van der Waals surface area (Å²) in [5, 5.41) is 4.49. The lowest BCUT2D eigenvalue weighted by molar-refractivity contribution is 0.118. The van der Waals surface area contributed by atoms with Gasteiger partial charge in [-0.05, 0) is 27.7 Å². The van der Waals surface area contributed by atoms with Crippen molar-refractivity contribution >= 4 is 11.3 Å². The maximum atomic E-state index is 5.31. The first-order valence-electron chi connectivity index (χ1n) is 6.12. The van der Waals surface area contributed by atoms with E-state index in [2.05, 4.69) is 31.1 Å². The topological polar surface area (TPSA) is 43.4 Å². The Hall–Kier alpha value is -0.490. The van der Waals surface area contributed by atoms with Crippen LogP contribution in [0.4, 0.5) is 0 Å². The Bertz CT molecular complexity index is 372. The van der Waals surface area contributed by atoms with E-state index in [1.807, 2.05) is 6.92 Å². The molecule has 0 saturated heterocycles. The molecule has 0 aliphatic carbocycles. The Morgan fingerprint density at radius 2 is 2.00 bits per heavy atom. The number of methoxy groups -OCH3 is 2. The minimum Gasteiger partial charge on any atom is -0.378 e. The molecule has 0 radical (unpaired) electrons. The maximum Gasteiger partial charge on any atom is 0.122 e. The summed E-state index contributed by atoms with van der Waals surface area (Å²) in [6, 6.07) is 0. The number of nitrogens with zero attached hydrogens (tertiary/aromatic N) is 1. The Morgan fingerprint density at radius 1 is 1.33 bits per heavy atom. The number of nitrogens with one attached hydrogen (secondary N) is 1. The van der Waals surface area contributed by atoms with Gasteiger partial charge in [-0.15, -0.1) is 11.3 Å². The van der Waals surface area contributed by atoms with Crippen LogP contribution in [0.3, 0.4) is 0 Å². The fraction of sp³-hybridized carbons (Fsp3) is 0.769. The van der Waals surface area contributed by atoms with Gasteiger partial charge < -0.3 is 14.8 Å². The van der Waals surface area contributed by atoms with E-state index in [9.17, 15) is 0 Å². The summed E-state index contributed by atoms with van der Waals surface area (Å²) in [7, 11) is 3.40. The fourth-order valence-corrected chi connectivity index (χ4v) is 2.45. The third-order valence-corrected chi connectivity index (χ3v) is 3.82. The van der Waals surface area contributed by atoms with Crippen LogP contribution in [0.1, 0.15) is 49.4 Å². The molecule has 1 aromatic rings. The number of ether oxygens (including phenoxy) is 2. The van der Waals surface area contributed by atoms with Gasteiger partial charge in [-0.2, -0.15) is 0 Å². The molecule has 104 valence electrons. The lowest BCUT2D eigenvalue weighted by Crippen LogP contribution is -2.35. The molecule has 1 unspecified atom stereocenters. The summed E-state index contributed by atoms with van der Waals surface area (Å²) in [6.07, 6.45) is 0.0361. The first-order valence-corrected chi connectivity index (χ1v) is 6.94. The van der Waals surface area contributed by atoms with Crippen LogP contribution < -0.4 is 5.32 Å². The minimum absolute atomic E-state index is 0.0361. The molecule has 0 aromatic carbocycles. The molecule has 5 heteroatoms. The van der Waals surface area contributed by atoms with Crippen molar-refractivity contribution in [2.24, 2.45) is 0 Å². The number of rotatable bonds is 6. The number of aromatic nitrogens is 1. The van der Waals surface area contributed by atoms with Crippen molar-refractivity contribution in [1.29, 1.82) is 0 Å². The molecule has 0 saturated carbocycles. The largest absolute Gasteiger partial charge is 0.378 e. The van der Waals surface area contributed by atoms with Crippen LogP contribution in [0, 0.1) is 0 Å². The van der Waals surface area contributed by atoms with Crippen LogP contribution in [0.5, 0.6) is 0 Å². The molecule has 0 amide bonds. The van der Waals surface area contributed by atoms with Crippen molar-refractivity contribution in [3.63, 3.8) is 0 Å². The SMILES string of the molecule is COCc1nc(C(C)OC)sc1CNC(C)(C)C. The van der Waals surface area contributed by atoms with Gasteiger partial charge in [-0.3, -0.25) is 0 Å². The number of hydrogen-bond donors (Lipinski definition) is 1. The van der Waals surface area contributed by atoms with Crippen LogP contribution in [0.2, 0.25) is 0 Å². The highest BCUT2D eigenvalue weighted by molar-refractivity contribution is 7.11. The second-order valence-corrected chi connectivity index (χ2v) is 6.45. The Balaban J connectivity index is 2.83. The highest BCUT2D eigenvalue weighted by atomic mass is 32.1. The summed E-state index contributed by atoms with van der Waals surface area (Å²) >= 11 is 1.69. The summed E-state index contributed by atoms with van der Waals surface area (Å²) in [4.78, 5) is 5.83. The van der Waals surface area contributed by atoms with Crippen LogP contribution in [0.25, 0.3) is 0 Å². The molecule has 1 atom stereocenters. The van der Waals surface area contributed by atoms with Gasteiger partial charge in [0.1, 0.15) is 11.1 Å². The van der Waals surface area contributed by atoms with Crippen LogP contribution in [0.15, 0.2) is 0 Å². The lowest BCUT2D eigenvalue weighted by Gasteiger charge is -2.20. The molecule has 4 nitrogen and oxygen atoms in total. The van der Waals surface area contributed by atoms with Gasteiger partial charge in [-0.25, -0.2) is 4.98 Å². The van der Waals surface area contributed by atoms with Crippen molar-refractivity contribution in [2.75, 3.05) is 14.2 Å². The monoisotopic (exact) mass is 272 g/mol. The standard InChI is InChI=1S/C13H24N2O2S/c1-9(17-6)12-15-10(8-16-5)11(18-12)7-14-13(2,3)4/h9,14H,7-8H2,1-6H3. The van der Waals surface area contributed by atoms with Gasteiger partial charge in [0.25, 0.3) is 0 Å². The molecule has 0 aliphatic heterocycles. The van der Waals surface area contributed by atoms with Crippen molar-refractivity contribution in [1.82, 2.24) is 10.3 Å². The zero-order valence-electron chi connectivity index (χ0n) is 12.2. The van der Waals surface area contributed by atoms with E-state index in [0.717, 1.165) is 17.2 Å². The summed E-state index contributed by atoms with van der Waals surface area (Å²) in [6.45, 7) is 9.84. The predicted octanol–water partition coefficient (Wildman–Crippen LogP) is 2.89. The lowest BCUT2D eigenvalue weighted by atomic mass is 10.1. The average Bonchev–Trinajstić information content (AvgIpc) is 2.68. The summed E-state index contributed by atoms with van der Waals surface area (Å²) < 4.78 is 10.5. The van der Waals surface area contributed by atoms with Gasteiger partial charge in [0, 0.05) is 31.2 Å². The molecular weight excluding hydrogens is 248 g/mol. The van der Waals surface area contributed by atoms with Gasteiger partial charge >= 0.3 is 0 Å². The Labute approximate surface area is 114 Å². The normalized spacial score (nSPS) is 13.9. The highest BCUT2D eigenvalue weighted by Gasteiger charge is 2.17. The number of thiazole rings is 1. The van der Waals surface area contributed by atoms with Gasteiger partial charge in [0.05, 0.1) is 12.3 Å². The van der Waals surface area contributed by atoms with E-state index in [4.69, 9.17) is 9.47 Å². The quantitative estimate of drug-likeness (QED) is 0.865. The zero-order valence-corrected chi connectivity index (χ0v) is 13.0. The highest BCUT2D eigenvalue weighted by Crippen LogP contribution is 2.26. The van der Waals surface area contributed by atoms with Crippen molar-refractivity contribution in [3.05, 3.63) is 15.6 Å². The molecule has 1 heterocycles. The molecule has 0 fully saturated rings. The third kappa shape index (κ3) is 4.65. The van der Waals surface area contributed by atoms with Crippen molar-refractivity contribution < 1.29 is 9.47 Å². The molecule has 0 bridgehead atoms. The van der Waals surface area contributed by atoms with Crippen molar-refractivity contribution in [3.8, 4) is 0 Å². The molecule has 0 spiro atoms. The van der Waals surface area contributed by atoms with Crippen LogP contribution in [-0.4, -0.2) is 24.7 Å². The molecule has 18 heavy (non-hydrogen) atoms. The van der Waals surface area contributed by atoms with Gasteiger partial charge in [-0.1, -0.05) is 0 Å². The predicted molar refractivity (Wildman–Crippen MR) is 74.8 cm³/mol. The fourth-order valence-electron chi connectivity index (χ4n) is 1.41. The Kier molecular flexibility index (Phi) is 5.72. The smallest absolute Gasteiger partial charge is 0.122 e. The first-order chi connectivity index (χ1) is 8.37. The number of hydrogen-bond acceptors (Lipinski definition) is 5. The average molecular weight is 272 g/mol. The molecule has 1 N–H and O–H groups in total. The second kappa shape index (κ2) is 6.61. The molecule has 1 aromatic heterocycles. The van der Waals surface area contributed by atoms with Gasteiger partial charge in [0.15, 0.2) is 0 Å². The second-order valence-electron chi connectivity index (χ2n) is 5.34. The van der Waals surface area contributed by atoms with E-state index in [0.29, 0.717) is 6.61 Å². The Morgan fingerprint density at radius 3 is 2.50 bits per heavy atom. The summed E-state index contributed by atoms with van der Waals surface area (Å²) in [5.74, 6) is 0. The van der Waals surface area contributed by atoms with E-state index < -0.39 is 0 Å². The van der Waals surface area contributed by atoms with Gasteiger partial charge in [0.2, 0.25) is 0 Å². The molecular formula is C13H24N2O2S. The molecule has 1 rings (SSSR count). The van der Waals surface area contributed by atoms with Crippen LogP contribution >= 0.6 is 11.3 Å². The third-order valence-electron chi connectivity index (χ3n) is 2.56. The maximum absolute atomic E-state index is 5.31. The van der Waals surface area contributed by atoms with Crippen LogP contribution in [-0.2, 0) is 22.6 Å². The van der Waals surface area contributed by atoms with E-state index >= 15 is 0 Å².